The maximum atomic E-state index is 14.2. The maximum Gasteiger partial charge on any atom is 0.271 e. The number of non-ortho nitro benzene ring substituents is 2. The molecule has 1 N–H and O–H groups in total. The average Bonchev–Trinajstić information content (AvgIpc) is 3.47. The third-order valence-electron chi connectivity index (χ3n) is 9.81. The van der Waals surface area contributed by atoms with E-state index >= 15 is 0 Å². The molecule has 3 aromatic carbocycles. The number of nitro groups is 2. The number of phenolic OH excluding ortho intramolecular Hbond substituents is 1. The number of hydrogen-bond acceptors (Lipinski definition) is 10. The number of imide groups is 2. The number of allylic oxidation sites excluding steroid dienone is 2. The van der Waals surface area contributed by atoms with E-state index in [0.29, 0.717) is 11.1 Å². The number of ether oxygens (including phenoxy) is 1. The zero-order chi connectivity index (χ0) is 33.3. The number of methoxy groups -OCH3 is 1. The first kappa shape index (κ1) is 29.8. The van der Waals surface area contributed by atoms with E-state index in [0.717, 1.165) is 21.9 Å². The van der Waals surface area contributed by atoms with Gasteiger partial charge in [-0.3, -0.25) is 39.4 Å². The van der Waals surface area contributed by atoms with Crippen LogP contribution in [-0.2, 0) is 19.2 Å². The predicted octanol–water partition coefficient (Wildman–Crippen LogP) is 4.26. The summed E-state index contributed by atoms with van der Waals surface area (Å²) in [7, 11) is 1.39. The Hall–Kier alpha value is -5.92. The first-order valence-corrected chi connectivity index (χ1v) is 14.8. The van der Waals surface area contributed by atoms with Crippen molar-refractivity contribution in [2.45, 2.75) is 18.8 Å². The smallest absolute Gasteiger partial charge is 0.271 e. The first-order chi connectivity index (χ1) is 22.5. The van der Waals surface area contributed by atoms with Crippen LogP contribution in [0.1, 0.15) is 24.3 Å². The number of anilines is 2. The molecule has 3 fully saturated rings. The van der Waals surface area contributed by atoms with Gasteiger partial charge in [-0.2, -0.15) is 0 Å². The van der Waals surface area contributed by atoms with Gasteiger partial charge in [-0.15, -0.1) is 0 Å². The average molecular weight is 639 g/mol. The normalized spacial score (nSPS) is 26.4. The molecule has 6 atom stereocenters. The third-order valence-corrected chi connectivity index (χ3v) is 9.81. The summed E-state index contributed by atoms with van der Waals surface area (Å²) in [5.41, 5.74) is 0.680. The molecule has 0 spiro atoms. The van der Waals surface area contributed by atoms with E-state index in [1.807, 2.05) is 6.08 Å². The molecule has 2 aliphatic heterocycles. The third kappa shape index (κ3) is 4.47. The van der Waals surface area contributed by atoms with Crippen molar-refractivity contribution in [3.05, 3.63) is 104 Å². The topological polar surface area (TPSA) is 190 Å². The summed E-state index contributed by atoms with van der Waals surface area (Å²) in [4.78, 5) is 79.7. The summed E-state index contributed by atoms with van der Waals surface area (Å²) in [5.74, 6) is -7.31. The molecule has 1 saturated carbocycles. The Bertz CT molecular complexity index is 1960. The Balaban J connectivity index is 1.33. The van der Waals surface area contributed by atoms with Crippen LogP contribution in [0, 0.1) is 49.8 Å². The highest BCUT2D eigenvalue weighted by Gasteiger charge is 2.62. The highest BCUT2D eigenvalue weighted by Crippen LogP contribution is 2.59. The van der Waals surface area contributed by atoms with Crippen LogP contribution >= 0.6 is 0 Å². The van der Waals surface area contributed by atoms with Crippen molar-refractivity contribution in [1.82, 2.24) is 0 Å². The highest BCUT2D eigenvalue weighted by atomic mass is 16.6. The van der Waals surface area contributed by atoms with Gasteiger partial charge in [0.25, 0.3) is 11.4 Å². The van der Waals surface area contributed by atoms with Crippen LogP contribution in [0.4, 0.5) is 22.7 Å². The number of hydrogen-bond donors (Lipinski definition) is 1. The number of nitrogens with zero attached hydrogens (tertiary/aromatic N) is 4. The number of carbonyl (C=O) groups excluding carboxylic acids is 4. The Labute approximate surface area is 266 Å². The molecular weight excluding hydrogens is 612 g/mol. The summed E-state index contributed by atoms with van der Waals surface area (Å²) in [6.07, 6.45) is 2.03. The molecule has 14 nitrogen and oxygen atoms in total. The lowest BCUT2D eigenvalue weighted by Gasteiger charge is -2.44. The van der Waals surface area contributed by atoms with Crippen LogP contribution in [0.2, 0.25) is 0 Å². The van der Waals surface area contributed by atoms with Crippen molar-refractivity contribution in [3.63, 3.8) is 0 Å². The largest absolute Gasteiger partial charge is 0.504 e. The SMILES string of the molecule is COc1ccc([C@H]2C3=CC[C@@H]4C(=O)N(c5cccc([N+](=O)[O-])c5)C(=O)[C@@H]4[C@@H]3C[C@H]3C(=O)N(c4cccc([N+](=O)[O-])c4)C(=O)[C@@H]23)cc1O. The fourth-order valence-corrected chi connectivity index (χ4v) is 7.86. The summed E-state index contributed by atoms with van der Waals surface area (Å²) >= 11 is 0. The van der Waals surface area contributed by atoms with E-state index in [1.54, 1.807) is 6.07 Å². The van der Waals surface area contributed by atoms with E-state index in [2.05, 4.69) is 0 Å². The number of nitro benzene ring substituents is 2. The lowest BCUT2D eigenvalue weighted by atomic mass is 9.57. The second-order valence-corrected chi connectivity index (χ2v) is 12.0. The monoisotopic (exact) mass is 638 g/mol. The molecule has 3 aromatic rings. The molecule has 2 heterocycles. The molecule has 2 aliphatic carbocycles. The van der Waals surface area contributed by atoms with Gasteiger partial charge in [-0.05, 0) is 48.6 Å². The van der Waals surface area contributed by atoms with Crippen LogP contribution < -0.4 is 14.5 Å². The molecule has 0 radical (unpaired) electrons. The number of carbonyl (C=O) groups is 4. The Morgan fingerprint density at radius 3 is 1.87 bits per heavy atom. The fourth-order valence-electron chi connectivity index (χ4n) is 7.86. The van der Waals surface area contributed by atoms with Crippen molar-refractivity contribution >= 4 is 46.4 Å². The molecule has 2 saturated heterocycles. The van der Waals surface area contributed by atoms with Gasteiger partial charge in [0.05, 0.1) is 52.0 Å². The predicted molar refractivity (Wildman–Crippen MR) is 163 cm³/mol. The molecule has 0 aromatic heterocycles. The molecule has 0 bridgehead atoms. The molecule has 7 rings (SSSR count). The number of amides is 4. The number of benzene rings is 3. The molecule has 4 amide bonds. The second-order valence-electron chi connectivity index (χ2n) is 12.0. The Morgan fingerprint density at radius 2 is 1.32 bits per heavy atom. The molecule has 14 heteroatoms. The molecule has 0 unspecified atom stereocenters. The van der Waals surface area contributed by atoms with Gasteiger partial charge in [0.1, 0.15) is 0 Å². The van der Waals surface area contributed by atoms with E-state index < -0.39 is 69.0 Å². The number of fused-ring (bicyclic) bond motifs is 4. The number of rotatable bonds is 6. The number of aromatic hydroxyl groups is 1. The van der Waals surface area contributed by atoms with Gasteiger partial charge in [-0.1, -0.05) is 29.8 Å². The summed E-state index contributed by atoms with van der Waals surface area (Å²) in [6.45, 7) is 0. The van der Waals surface area contributed by atoms with E-state index in [4.69, 9.17) is 4.74 Å². The van der Waals surface area contributed by atoms with E-state index in [1.165, 1.54) is 55.6 Å². The standard InChI is InChI=1S/C33H26N4O10/c1-47-26-11-8-16(12-25(26)38)27-21-9-10-22-28(32(41)34(30(22)39)17-4-2-6-19(13-17)36(43)44)23(21)15-24-29(27)33(42)35(31(24)40)18-5-3-7-20(14-18)37(45)46/h2-9,11-14,22-24,27-29,38H,10,15H2,1H3/t22-,23+,24+,27-,28-,29+/m0/s1. The summed E-state index contributed by atoms with van der Waals surface area (Å²) in [6, 6.07) is 15.1. The lowest BCUT2D eigenvalue weighted by Crippen LogP contribution is -2.43. The maximum absolute atomic E-state index is 14.2. The van der Waals surface area contributed by atoms with Crippen molar-refractivity contribution in [2.75, 3.05) is 16.9 Å². The van der Waals surface area contributed by atoms with Crippen LogP contribution in [-0.4, -0.2) is 45.7 Å². The van der Waals surface area contributed by atoms with Gasteiger partial charge < -0.3 is 9.84 Å². The van der Waals surface area contributed by atoms with Gasteiger partial charge in [-0.25, -0.2) is 9.80 Å². The second kappa shape index (κ2) is 10.9. The van der Waals surface area contributed by atoms with Gasteiger partial charge >= 0.3 is 0 Å². The van der Waals surface area contributed by atoms with Gasteiger partial charge in [0.15, 0.2) is 11.5 Å². The molecule has 4 aliphatic rings. The quantitative estimate of drug-likeness (QED) is 0.177. The van der Waals surface area contributed by atoms with Crippen molar-refractivity contribution in [3.8, 4) is 11.5 Å². The Kier molecular flexibility index (Phi) is 6.88. The van der Waals surface area contributed by atoms with E-state index in [-0.39, 0.29) is 47.1 Å². The molecule has 47 heavy (non-hydrogen) atoms. The summed E-state index contributed by atoms with van der Waals surface area (Å²) in [5, 5.41) is 33.6. The molecule has 238 valence electrons. The lowest BCUT2D eigenvalue weighted by molar-refractivity contribution is -0.385. The minimum atomic E-state index is -0.964. The number of phenols is 1. The zero-order valence-corrected chi connectivity index (χ0v) is 24.7. The van der Waals surface area contributed by atoms with Crippen molar-refractivity contribution < 1.29 is 38.9 Å². The van der Waals surface area contributed by atoms with Gasteiger partial charge in [0, 0.05) is 30.2 Å². The minimum Gasteiger partial charge on any atom is -0.504 e. The summed E-state index contributed by atoms with van der Waals surface area (Å²) < 4.78 is 5.21. The minimum absolute atomic E-state index is 0.0405. The van der Waals surface area contributed by atoms with E-state index in [9.17, 15) is 44.5 Å². The molecular formula is C33H26N4O10. The van der Waals surface area contributed by atoms with Crippen LogP contribution in [0.25, 0.3) is 0 Å². The van der Waals surface area contributed by atoms with Crippen molar-refractivity contribution in [2.24, 2.45) is 29.6 Å². The Morgan fingerprint density at radius 1 is 0.745 bits per heavy atom. The fraction of sp³-hybridized carbons (Fsp3) is 0.273. The van der Waals surface area contributed by atoms with Crippen LogP contribution in [0.3, 0.4) is 0 Å². The zero-order valence-electron chi connectivity index (χ0n) is 24.7. The first-order valence-electron chi connectivity index (χ1n) is 14.8. The van der Waals surface area contributed by atoms with Crippen LogP contribution in [0.15, 0.2) is 78.4 Å². The van der Waals surface area contributed by atoms with Gasteiger partial charge in [0.2, 0.25) is 23.6 Å². The van der Waals surface area contributed by atoms with Crippen LogP contribution in [0.5, 0.6) is 11.5 Å². The van der Waals surface area contributed by atoms with Crippen molar-refractivity contribution in [1.29, 1.82) is 0 Å². The highest BCUT2D eigenvalue weighted by molar-refractivity contribution is 6.24.